The first-order valence-electron chi connectivity index (χ1n) is 8.82. The van der Waals surface area contributed by atoms with E-state index in [1.807, 2.05) is 4.90 Å². The van der Waals surface area contributed by atoms with Crippen molar-refractivity contribution in [1.29, 1.82) is 0 Å². The zero-order valence-electron chi connectivity index (χ0n) is 14.8. The summed E-state index contributed by atoms with van der Waals surface area (Å²) in [6.07, 6.45) is 1.87. The number of hydrogen-bond donors (Lipinski definition) is 1. The van der Waals surface area contributed by atoms with Gasteiger partial charge in [-0.05, 0) is 32.3 Å². The van der Waals surface area contributed by atoms with E-state index >= 15 is 0 Å². The fourth-order valence-corrected chi connectivity index (χ4v) is 3.29. The number of aromatic nitrogens is 2. The van der Waals surface area contributed by atoms with Crippen LogP contribution in [0.25, 0.3) is 0 Å². The van der Waals surface area contributed by atoms with Crippen LogP contribution in [0.15, 0.2) is 28.8 Å². The van der Waals surface area contributed by atoms with Gasteiger partial charge in [0, 0.05) is 31.8 Å². The van der Waals surface area contributed by atoms with E-state index in [2.05, 4.69) is 41.3 Å². The lowest BCUT2D eigenvalue weighted by Gasteiger charge is -2.36. The third-order valence-corrected chi connectivity index (χ3v) is 4.79. The van der Waals surface area contributed by atoms with Gasteiger partial charge in [-0.15, -0.1) is 0 Å². The third-order valence-electron chi connectivity index (χ3n) is 4.79. The molecule has 2 atom stereocenters. The predicted octanol–water partition coefficient (Wildman–Crippen LogP) is 2.07. The van der Waals surface area contributed by atoms with E-state index in [0.29, 0.717) is 44.1 Å². The molecular formula is C19H25N3O3. The van der Waals surface area contributed by atoms with Crippen molar-refractivity contribution < 1.29 is 14.4 Å². The summed E-state index contributed by atoms with van der Waals surface area (Å²) in [6, 6.07) is 8.36. The summed E-state index contributed by atoms with van der Waals surface area (Å²) in [5.41, 5.74) is 2.42. The van der Waals surface area contributed by atoms with E-state index in [1.54, 1.807) is 6.92 Å². The average molecular weight is 343 g/mol. The Labute approximate surface area is 147 Å². The summed E-state index contributed by atoms with van der Waals surface area (Å²) in [6.45, 7) is 5.02. The largest absolute Gasteiger partial charge is 0.393 e. The summed E-state index contributed by atoms with van der Waals surface area (Å²) >= 11 is 0. The van der Waals surface area contributed by atoms with E-state index in [1.165, 1.54) is 11.1 Å². The number of aliphatic hydroxyl groups excluding tert-OH is 1. The first-order valence-corrected chi connectivity index (χ1v) is 8.82. The van der Waals surface area contributed by atoms with Gasteiger partial charge in [-0.1, -0.05) is 35.0 Å². The van der Waals surface area contributed by atoms with E-state index in [9.17, 15) is 9.90 Å². The summed E-state index contributed by atoms with van der Waals surface area (Å²) < 4.78 is 5.06. The van der Waals surface area contributed by atoms with Crippen molar-refractivity contribution in [2.45, 2.75) is 45.6 Å². The highest BCUT2D eigenvalue weighted by atomic mass is 16.5. The number of nitrogens with zero attached hydrogens (tertiary/aromatic N) is 3. The third kappa shape index (κ3) is 4.66. The standard InChI is InChI=1S/C19H25N3O3/c1-13-3-5-15(6-4-13)11-16-12-22(10-9-17(16)23)19(24)8-7-18-20-14(2)21-25-18/h3-6,16-17,23H,7-12H2,1-2H3/t16-,17-/m1/s1. The molecule has 3 rings (SSSR count). The quantitative estimate of drug-likeness (QED) is 0.899. The van der Waals surface area contributed by atoms with Crippen LogP contribution in [0.1, 0.15) is 35.7 Å². The molecule has 1 aromatic carbocycles. The fourth-order valence-electron chi connectivity index (χ4n) is 3.29. The molecule has 1 fully saturated rings. The summed E-state index contributed by atoms with van der Waals surface area (Å²) in [5, 5.41) is 14.1. The number of likely N-dealkylation sites (tertiary alicyclic amines) is 1. The van der Waals surface area contributed by atoms with Gasteiger partial charge in [-0.3, -0.25) is 4.79 Å². The Morgan fingerprint density at radius 1 is 1.32 bits per heavy atom. The number of amides is 1. The van der Waals surface area contributed by atoms with E-state index in [-0.39, 0.29) is 17.9 Å². The molecule has 0 aliphatic carbocycles. The van der Waals surface area contributed by atoms with Crippen molar-refractivity contribution >= 4 is 5.91 Å². The van der Waals surface area contributed by atoms with Crippen LogP contribution in [-0.4, -0.2) is 45.2 Å². The van der Waals surface area contributed by atoms with Gasteiger partial charge in [0.15, 0.2) is 5.82 Å². The monoisotopic (exact) mass is 343 g/mol. The van der Waals surface area contributed by atoms with Gasteiger partial charge < -0.3 is 14.5 Å². The first kappa shape index (κ1) is 17.6. The average Bonchev–Trinajstić information content (AvgIpc) is 3.02. The van der Waals surface area contributed by atoms with Crippen molar-refractivity contribution in [3.8, 4) is 0 Å². The highest BCUT2D eigenvalue weighted by molar-refractivity contribution is 5.76. The maximum absolute atomic E-state index is 12.5. The molecule has 2 heterocycles. The topological polar surface area (TPSA) is 79.5 Å². The second-order valence-corrected chi connectivity index (χ2v) is 6.88. The van der Waals surface area contributed by atoms with Crippen molar-refractivity contribution in [2.24, 2.45) is 5.92 Å². The van der Waals surface area contributed by atoms with Gasteiger partial charge in [0.05, 0.1) is 6.10 Å². The number of aliphatic hydroxyl groups is 1. The number of benzene rings is 1. The molecule has 1 aliphatic rings. The van der Waals surface area contributed by atoms with Crippen LogP contribution in [-0.2, 0) is 17.6 Å². The Morgan fingerprint density at radius 2 is 2.08 bits per heavy atom. The summed E-state index contributed by atoms with van der Waals surface area (Å²) in [5.74, 6) is 1.24. The number of hydrogen-bond acceptors (Lipinski definition) is 5. The van der Waals surface area contributed by atoms with Crippen molar-refractivity contribution in [3.05, 3.63) is 47.1 Å². The molecular weight excluding hydrogens is 318 g/mol. The Kier molecular flexibility index (Phi) is 5.48. The van der Waals surface area contributed by atoms with Gasteiger partial charge in [0.25, 0.3) is 0 Å². The molecule has 6 nitrogen and oxygen atoms in total. The molecule has 0 saturated carbocycles. The number of piperidine rings is 1. The maximum atomic E-state index is 12.5. The van der Waals surface area contributed by atoms with Crippen LogP contribution in [0.2, 0.25) is 0 Å². The second kappa shape index (κ2) is 7.78. The Hall–Kier alpha value is -2.21. The fraction of sp³-hybridized carbons (Fsp3) is 0.526. The molecule has 0 bridgehead atoms. The Morgan fingerprint density at radius 3 is 2.76 bits per heavy atom. The minimum absolute atomic E-state index is 0.0751. The molecule has 1 aliphatic heterocycles. The Balaban J connectivity index is 1.55. The molecule has 1 aromatic heterocycles. The van der Waals surface area contributed by atoms with Crippen molar-refractivity contribution in [1.82, 2.24) is 15.0 Å². The smallest absolute Gasteiger partial charge is 0.227 e. The molecule has 2 aromatic rings. The minimum Gasteiger partial charge on any atom is -0.393 e. The summed E-state index contributed by atoms with van der Waals surface area (Å²) in [4.78, 5) is 18.5. The molecule has 1 amide bonds. The van der Waals surface area contributed by atoms with Crippen LogP contribution in [0, 0.1) is 19.8 Å². The van der Waals surface area contributed by atoms with Crippen molar-refractivity contribution in [2.75, 3.05) is 13.1 Å². The first-order chi connectivity index (χ1) is 12.0. The van der Waals surface area contributed by atoms with Gasteiger partial charge in [-0.25, -0.2) is 0 Å². The van der Waals surface area contributed by atoms with E-state index < -0.39 is 0 Å². The van der Waals surface area contributed by atoms with Crippen LogP contribution in [0.4, 0.5) is 0 Å². The number of carbonyl (C=O) groups is 1. The number of carbonyl (C=O) groups excluding carboxylic acids is 1. The Bertz CT molecular complexity index is 711. The molecule has 25 heavy (non-hydrogen) atoms. The lowest BCUT2D eigenvalue weighted by molar-refractivity contribution is -0.135. The van der Waals surface area contributed by atoms with Crippen LogP contribution in [0.3, 0.4) is 0 Å². The van der Waals surface area contributed by atoms with Crippen molar-refractivity contribution in [3.63, 3.8) is 0 Å². The molecule has 0 radical (unpaired) electrons. The molecule has 134 valence electrons. The molecule has 6 heteroatoms. The van der Waals surface area contributed by atoms with E-state index in [0.717, 1.165) is 6.42 Å². The van der Waals surface area contributed by atoms with Gasteiger partial charge in [-0.2, -0.15) is 4.98 Å². The highest BCUT2D eigenvalue weighted by Gasteiger charge is 2.30. The molecule has 1 saturated heterocycles. The van der Waals surface area contributed by atoms with Crippen LogP contribution in [0.5, 0.6) is 0 Å². The normalized spacial score (nSPS) is 20.7. The number of rotatable bonds is 5. The van der Waals surface area contributed by atoms with Gasteiger partial charge >= 0.3 is 0 Å². The number of aryl methyl sites for hydroxylation is 3. The summed E-state index contributed by atoms with van der Waals surface area (Å²) in [7, 11) is 0. The zero-order chi connectivity index (χ0) is 17.8. The van der Waals surface area contributed by atoms with Crippen LogP contribution < -0.4 is 0 Å². The molecule has 0 unspecified atom stereocenters. The molecule has 1 N–H and O–H groups in total. The SMILES string of the molecule is Cc1ccc(C[C@@H]2CN(C(=O)CCc3nc(C)no3)CC[C@H]2O)cc1. The van der Waals surface area contributed by atoms with Gasteiger partial charge in [0.2, 0.25) is 11.8 Å². The van der Waals surface area contributed by atoms with E-state index in [4.69, 9.17) is 4.52 Å². The lowest BCUT2D eigenvalue weighted by Crippen LogP contribution is -2.46. The van der Waals surface area contributed by atoms with Gasteiger partial charge in [0.1, 0.15) is 0 Å². The van der Waals surface area contributed by atoms with Crippen LogP contribution >= 0.6 is 0 Å². The zero-order valence-corrected chi connectivity index (χ0v) is 14.8. The maximum Gasteiger partial charge on any atom is 0.227 e. The molecule has 0 spiro atoms. The predicted molar refractivity (Wildman–Crippen MR) is 92.9 cm³/mol. The highest BCUT2D eigenvalue weighted by Crippen LogP contribution is 2.22. The minimum atomic E-state index is -0.357. The second-order valence-electron chi connectivity index (χ2n) is 6.88. The lowest BCUT2D eigenvalue weighted by atomic mass is 9.88.